The van der Waals surface area contributed by atoms with Gasteiger partial charge in [0.05, 0.1) is 5.60 Å². The molecule has 0 spiro atoms. The average molecular weight is 425 g/mol. The number of nitrogens with one attached hydrogen (secondary N) is 1. The number of piperidine rings is 1. The quantitative estimate of drug-likeness (QED) is 0.707. The molecule has 1 heterocycles. The van der Waals surface area contributed by atoms with Gasteiger partial charge in [0, 0.05) is 20.1 Å². The molecule has 1 aliphatic rings. The molecular weight excluding hydrogens is 392 g/mol. The van der Waals surface area contributed by atoms with E-state index in [1.54, 1.807) is 0 Å². The summed E-state index contributed by atoms with van der Waals surface area (Å²) < 4.78 is 5.00. The Labute approximate surface area is 184 Å². The predicted molar refractivity (Wildman–Crippen MR) is 121 cm³/mol. The van der Waals surface area contributed by atoms with E-state index in [0.717, 1.165) is 23.1 Å². The smallest absolute Gasteiger partial charge is 0.410 e. The van der Waals surface area contributed by atoms with Crippen LogP contribution < -0.4 is 5.32 Å². The summed E-state index contributed by atoms with van der Waals surface area (Å²) in [5.74, 6) is -0.349. The van der Waals surface area contributed by atoms with Crippen LogP contribution in [-0.4, -0.2) is 48.8 Å². The van der Waals surface area contributed by atoms with E-state index in [0.29, 0.717) is 25.9 Å². The molecule has 1 aliphatic heterocycles. The van der Waals surface area contributed by atoms with E-state index in [-0.39, 0.29) is 12.5 Å². The van der Waals surface area contributed by atoms with E-state index >= 15 is 0 Å². The van der Waals surface area contributed by atoms with E-state index < -0.39 is 11.7 Å². The van der Waals surface area contributed by atoms with Crippen LogP contribution in [0.25, 0.3) is 11.1 Å². The van der Waals surface area contributed by atoms with Crippen molar-refractivity contribution in [2.45, 2.75) is 44.6 Å². The largest absolute Gasteiger partial charge is 0.439 e. The number of rotatable bonds is 7. The van der Waals surface area contributed by atoms with Gasteiger partial charge in [-0.1, -0.05) is 61.9 Å². The van der Waals surface area contributed by atoms with Crippen molar-refractivity contribution in [1.29, 1.82) is 0 Å². The fraction of sp³-hybridized carbons (Fsp3) is 0.440. The van der Waals surface area contributed by atoms with Crippen LogP contribution in [-0.2, 0) is 21.6 Å². The number of carbonyl (C=O) groups is 2. The van der Waals surface area contributed by atoms with E-state index in [9.17, 15) is 14.7 Å². The summed E-state index contributed by atoms with van der Waals surface area (Å²) in [5, 5.41) is 13.5. The van der Waals surface area contributed by atoms with Gasteiger partial charge < -0.3 is 20.1 Å². The maximum Gasteiger partial charge on any atom is 0.410 e. The lowest BCUT2D eigenvalue weighted by Crippen LogP contribution is -2.45. The van der Waals surface area contributed by atoms with Gasteiger partial charge in [-0.15, -0.1) is 0 Å². The normalized spacial score (nSPS) is 15.4. The van der Waals surface area contributed by atoms with Gasteiger partial charge in [0.2, 0.25) is 0 Å². The minimum Gasteiger partial charge on any atom is -0.439 e. The van der Waals surface area contributed by atoms with Crippen LogP contribution in [0.4, 0.5) is 4.79 Å². The number of nitrogens with zero attached hydrogens (tertiary/aromatic N) is 1. The molecule has 6 nitrogen and oxygen atoms in total. The highest BCUT2D eigenvalue weighted by Gasteiger charge is 2.36. The molecule has 166 valence electrons. The van der Waals surface area contributed by atoms with Crippen LogP contribution in [0.3, 0.4) is 0 Å². The zero-order valence-corrected chi connectivity index (χ0v) is 18.4. The van der Waals surface area contributed by atoms with Crippen molar-refractivity contribution in [1.82, 2.24) is 10.2 Å². The molecule has 6 heteroatoms. The van der Waals surface area contributed by atoms with Crippen molar-refractivity contribution in [3.63, 3.8) is 0 Å². The highest BCUT2D eigenvalue weighted by atomic mass is 16.6. The Morgan fingerprint density at radius 2 is 1.61 bits per heavy atom. The number of amides is 2. The van der Waals surface area contributed by atoms with E-state index in [1.807, 2.05) is 24.3 Å². The lowest BCUT2D eigenvalue weighted by atomic mass is 9.84. The van der Waals surface area contributed by atoms with Crippen LogP contribution in [0, 0.1) is 0 Å². The molecule has 1 fully saturated rings. The van der Waals surface area contributed by atoms with Gasteiger partial charge in [0.25, 0.3) is 5.91 Å². The first-order chi connectivity index (χ1) is 14.9. The third kappa shape index (κ3) is 5.85. The zero-order valence-electron chi connectivity index (χ0n) is 18.4. The lowest BCUT2D eigenvalue weighted by Gasteiger charge is -2.38. The standard InChI is InChI=1S/C25H32N2O4/c1-3-4-5-19-6-8-20(9-7-19)21-10-12-22(13-11-21)25(30)14-16-27(17-15-25)24(29)31-18-23(28)26-2/h6-13,30H,3-5,14-18H2,1-2H3,(H,26,28). The zero-order chi connectivity index (χ0) is 22.3. The molecule has 2 aromatic carbocycles. The predicted octanol–water partition coefficient (Wildman–Crippen LogP) is 3.86. The Morgan fingerprint density at radius 3 is 2.16 bits per heavy atom. The molecular formula is C25H32N2O4. The van der Waals surface area contributed by atoms with Gasteiger partial charge in [-0.3, -0.25) is 4.79 Å². The number of aliphatic hydroxyl groups is 1. The second kappa shape index (κ2) is 10.4. The topological polar surface area (TPSA) is 78.9 Å². The molecule has 0 atom stereocenters. The number of hydrogen-bond acceptors (Lipinski definition) is 4. The molecule has 31 heavy (non-hydrogen) atoms. The summed E-state index contributed by atoms with van der Waals surface area (Å²) in [6.45, 7) is 2.66. The van der Waals surface area contributed by atoms with Gasteiger partial charge in [0.1, 0.15) is 0 Å². The van der Waals surface area contributed by atoms with Crippen LogP contribution in [0.15, 0.2) is 48.5 Å². The van der Waals surface area contributed by atoms with Gasteiger partial charge >= 0.3 is 6.09 Å². The number of ether oxygens (including phenoxy) is 1. The van der Waals surface area contributed by atoms with Crippen molar-refractivity contribution in [2.75, 3.05) is 26.7 Å². The maximum absolute atomic E-state index is 12.1. The van der Waals surface area contributed by atoms with Gasteiger partial charge in [-0.25, -0.2) is 4.79 Å². The summed E-state index contributed by atoms with van der Waals surface area (Å²) in [6.07, 6.45) is 3.83. The minimum absolute atomic E-state index is 0.294. The van der Waals surface area contributed by atoms with Crippen LogP contribution in [0.1, 0.15) is 43.7 Å². The van der Waals surface area contributed by atoms with Crippen LogP contribution in [0.5, 0.6) is 0 Å². The average Bonchev–Trinajstić information content (AvgIpc) is 2.82. The molecule has 2 amide bonds. The number of aryl methyl sites for hydroxylation is 1. The molecule has 0 bridgehead atoms. The number of likely N-dealkylation sites (N-methyl/N-ethyl adjacent to an activating group) is 1. The van der Waals surface area contributed by atoms with E-state index in [2.05, 4.69) is 36.5 Å². The summed E-state index contributed by atoms with van der Waals surface area (Å²) >= 11 is 0. The summed E-state index contributed by atoms with van der Waals surface area (Å²) in [7, 11) is 1.49. The Morgan fingerprint density at radius 1 is 1.03 bits per heavy atom. The number of unbranched alkanes of at least 4 members (excludes halogenated alkanes) is 1. The summed E-state index contributed by atoms with van der Waals surface area (Å²) in [4.78, 5) is 24.9. The molecule has 2 N–H and O–H groups in total. The van der Waals surface area contributed by atoms with Crippen LogP contribution in [0.2, 0.25) is 0 Å². The van der Waals surface area contributed by atoms with Crippen molar-refractivity contribution in [2.24, 2.45) is 0 Å². The molecule has 0 aliphatic carbocycles. The fourth-order valence-electron chi connectivity index (χ4n) is 3.86. The third-order valence-corrected chi connectivity index (χ3v) is 5.98. The Bertz CT molecular complexity index is 869. The maximum atomic E-state index is 12.1. The molecule has 1 saturated heterocycles. The lowest BCUT2D eigenvalue weighted by molar-refractivity contribution is -0.124. The second-order valence-electron chi connectivity index (χ2n) is 8.12. The highest BCUT2D eigenvalue weighted by molar-refractivity contribution is 5.79. The second-order valence-corrected chi connectivity index (χ2v) is 8.12. The molecule has 0 radical (unpaired) electrons. The first-order valence-corrected chi connectivity index (χ1v) is 11.0. The number of hydrogen-bond donors (Lipinski definition) is 2. The van der Waals surface area contributed by atoms with Crippen molar-refractivity contribution in [3.8, 4) is 11.1 Å². The third-order valence-electron chi connectivity index (χ3n) is 5.98. The number of benzene rings is 2. The summed E-state index contributed by atoms with van der Waals surface area (Å²) in [6, 6.07) is 16.7. The van der Waals surface area contributed by atoms with Crippen molar-refractivity contribution < 1.29 is 19.4 Å². The highest BCUT2D eigenvalue weighted by Crippen LogP contribution is 2.34. The molecule has 0 unspecified atom stereocenters. The molecule has 0 aromatic heterocycles. The van der Waals surface area contributed by atoms with Crippen molar-refractivity contribution in [3.05, 3.63) is 59.7 Å². The van der Waals surface area contributed by atoms with Gasteiger partial charge in [-0.05, 0) is 47.9 Å². The van der Waals surface area contributed by atoms with Crippen LogP contribution >= 0.6 is 0 Å². The van der Waals surface area contributed by atoms with Gasteiger partial charge in [0.15, 0.2) is 6.61 Å². The molecule has 2 aromatic rings. The Kier molecular flexibility index (Phi) is 7.69. The molecule has 3 rings (SSSR count). The Hall–Kier alpha value is -2.86. The molecule has 0 saturated carbocycles. The monoisotopic (exact) mass is 424 g/mol. The van der Waals surface area contributed by atoms with E-state index in [1.165, 1.54) is 30.4 Å². The first-order valence-electron chi connectivity index (χ1n) is 11.0. The summed E-state index contributed by atoms with van der Waals surface area (Å²) in [5.41, 5.74) is 3.52. The number of carbonyl (C=O) groups excluding carboxylic acids is 2. The fourth-order valence-corrected chi connectivity index (χ4v) is 3.86. The van der Waals surface area contributed by atoms with Gasteiger partial charge in [-0.2, -0.15) is 0 Å². The Balaban J connectivity index is 1.58. The number of likely N-dealkylation sites (tertiary alicyclic amines) is 1. The SMILES string of the molecule is CCCCc1ccc(-c2ccc(C3(O)CCN(C(=O)OCC(=O)NC)CC3)cc2)cc1. The first kappa shape index (κ1) is 22.8. The van der Waals surface area contributed by atoms with E-state index in [4.69, 9.17) is 4.74 Å². The minimum atomic E-state index is -0.972. The van der Waals surface area contributed by atoms with Crippen molar-refractivity contribution >= 4 is 12.0 Å².